The van der Waals surface area contributed by atoms with E-state index in [1.54, 1.807) is 13.0 Å². The van der Waals surface area contributed by atoms with Crippen molar-refractivity contribution in [2.24, 2.45) is 0 Å². The Kier molecular flexibility index (Phi) is 2.45. The summed E-state index contributed by atoms with van der Waals surface area (Å²) in [5, 5.41) is 18.1. The van der Waals surface area contributed by atoms with Crippen molar-refractivity contribution in [3.8, 4) is 5.75 Å². The molecule has 1 aromatic rings. The standard InChI is InChI=1S/C9H10O3/c1-6(10)7-3-2-4-8(11)9(12)5-7/h2-6,10H,1H3,(H,11,12). The molecule has 2 N–H and O–H groups in total. The molecule has 1 unspecified atom stereocenters. The molecule has 64 valence electrons. The minimum atomic E-state index is -0.690. The molecular formula is C9H10O3. The first-order chi connectivity index (χ1) is 5.61. The van der Waals surface area contributed by atoms with E-state index >= 15 is 0 Å². The van der Waals surface area contributed by atoms with E-state index in [1.165, 1.54) is 18.2 Å². The minimum absolute atomic E-state index is 0.304. The van der Waals surface area contributed by atoms with Gasteiger partial charge in [-0.05, 0) is 24.6 Å². The average molecular weight is 166 g/mol. The summed E-state index contributed by atoms with van der Waals surface area (Å²) in [4.78, 5) is 11.0. The van der Waals surface area contributed by atoms with Gasteiger partial charge >= 0.3 is 0 Å². The van der Waals surface area contributed by atoms with Gasteiger partial charge in [0.25, 0.3) is 0 Å². The van der Waals surface area contributed by atoms with Gasteiger partial charge in [0, 0.05) is 0 Å². The Bertz CT molecular complexity index is 331. The highest BCUT2D eigenvalue weighted by Crippen LogP contribution is 2.09. The van der Waals surface area contributed by atoms with Gasteiger partial charge in [-0.1, -0.05) is 12.1 Å². The predicted octanol–water partition coefficient (Wildman–Crippen LogP) is 0.806. The Morgan fingerprint density at radius 2 is 2.08 bits per heavy atom. The monoisotopic (exact) mass is 166 g/mol. The molecule has 0 aliphatic rings. The van der Waals surface area contributed by atoms with Gasteiger partial charge in [-0.2, -0.15) is 0 Å². The molecule has 0 saturated carbocycles. The number of rotatable bonds is 1. The fourth-order valence-corrected chi connectivity index (χ4v) is 0.866. The van der Waals surface area contributed by atoms with Gasteiger partial charge in [0.2, 0.25) is 5.43 Å². The number of hydrogen-bond donors (Lipinski definition) is 2. The normalized spacial score (nSPS) is 12.5. The summed E-state index contributed by atoms with van der Waals surface area (Å²) in [5.41, 5.74) is 0.0243. The molecule has 0 aromatic heterocycles. The van der Waals surface area contributed by atoms with Crippen LogP contribution < -0.4 is 5.43 Å². The minimum Gasteiger partial charge on any atom is -0.504 e. The first-order valence-corrected chi connectivity index (χ1v) is 3.62. The van der Waals surface area contributed by atoms with E-state index in [2.05, 4.69) is 0 Å². The van der Waals surface area contributed by atoms with Gasteiger partial charge in [0.15, 0.2) is 5.75 Å². The Hall–Kier alpha value is -1.35. The Morgan fingerprint density at radius 3 is 2.67 bits per heavy atom. The van der Waals surface area contributed by atoms with Crippen LogP contribution in [0.25, 0.3) is 0 Å². The molecular weight excluding hydrogens is 156 g/mol. The van der Waals surface area contributed by atoms with Crippen molar-refractivity contribution >= 4 is 0 Å². The second kappa shape index (κ2) is 3.36. The Morgan fingerprint density at radius 1 is 1.42 bits per heavy atom. The largest absolute Gasteiger partial charge is 0.504 e. The molecule has 0 saturated heterocycles. The maximum absolute atomic E-state index is 11.0. The molecule has 3 nitrogen and oxygen atoms in total. The molecule has 0 amide bonds. The summed E-state index contributed by atoms with van der Waals surface area (Å²) in [6.45, 7) is 1.56. The summed E-state index contributed by atoms with van der Waals surface area (Å²) in [5.74, 6) is -0.304. The maximum Gasteiger partial charge on any atom is 0.220 e. The predicted molar refractivity (Wildman–Crippen MR) is 45.0 cm³/mol. The quantitative estimate of drug-likeness (QED) is 0.649. The molecule has 0 bridgehead atoms. The zero-order valence-corrected chi connectivity index (χ0v) is 6.69. The third kappa shape index (κ3) is 1.83. The van der Waals surface area contributed by atoms with Crippen molar-refractivity contribution in [3.63, 3.8) is 0 Å². The lowest BCUT2D eigenvalue weighted by Gasteiger charge is -1.98. The highest BCUT2D eigenvalue weighted by Gasteiger charge is 2.00. The summed E-state index contributed by atoms with van der Waals surface area (Å²) in [6.07, 6.45) is -0.690. The maximum atomic E-state index is 11.0. The molecule has 0 aliphatic heterocycles. The van der Waals surface area contributed by atoms with Crippen LogP contribution in [-0.4, -0.2) is 10.2 Å². The first-order valence-electron chi connectivity index (χ1n) is 3.62. The van der Waals surface area contributed by atoms with E-state index in [0.29, 0.717) is 5.56 Å². The molecule has 12 heavy (non-hydrogen) atoms. The molecule has 0 fully saturated rings. The second-order valence-corrected chi connectivity index (χ2v) is 2.60. The van der Waals surface area contributed by atoms with Crippen molar-refractivity contribution in [2.45, 2.75) is 13.0 Å². The summed E-state index contributed by atoms with van der Waals surface area (Å²) in [7, 11) is 0. The average Bonchev–Trinajstić information content (AvgIpc) is 2.15. The zero-order valence-electron chi connectivity index (χ0n) is 6.69. The van der Waals surface area contributed by atoms with E-state index in [0.717, 1.165) is 0 Å². The van der Waals surface area contributed by atoms with Gasteiger partial charge in [-0.25, -0.2) is 0 Å². The third-order valence-electron chi connectivity index (χ3n) is 1.58. The van der Waals surface area contributed by atoms with Crippen LogP contribution in [0.15, 0.2) is 29.1 Å². The highest BCUT2D eigenvalue weighted by molar-refractivity contribution is 5.24. The van der Waals surface area contributed by atoms with Crippen LogP contribution in [0.4, 0.5) is 0 Å². The molecule has 0 heterocycles. The van der Waals surface area contributed by atoms with Gasteiger partial charge in [0.05, 0.1) is 6.10 Å². The van der Waals surface area contributed by atoms with Gasteiger partial charge in [-0.15, -0.1) is 0 Å². The Balaban J connectivity index is 3.32. The molecule has 3 heteroatoms. The lowest BCUT2D eigenvalue weighted by atomic mass is 10.2. The van der Waals surface area contributed by atoms with Crippen LogP contribution in [0.5, 0.6) is 5.75 Å². The molecule has 0 spiro atoms. The van der Waals surface area contributed by atoms with Crippen molar-refractivity contribution in [1.82, 2.24) is 0 Å². The summed E-state index contributed by atoms with van der Waals surface area (Å²) in [6, 6.07) is 5.64. The fraction of sp³-hybridized carbons (Fsp3) is 0.222. The smallest absolute Gasteiger partial charge is 0.220 e. The lowest BCUT2D eigenvalue weighted by molar-refractivity contribution is 0.199. The van der Waals surface area contributed by atoms with Gasteiger partial charge in [0.1, 0.15) is 0 Å². The van der Waals surface area contributed by atoms with Crippen molar-refractivity contribution in [1.29, 1.82) is 0 Å². The summed E-state index contributed by atoms with van der Waals surface area (Å²) >= 11 is 0. The van der Waals surface area contributed by atoms with E-state index in [-0.39, 0.29) is 5.75 Å². The molecule has 1 atom stereocenters. The molecule has 1 aromatic carbocycles. The summed E-state index contributed by atoms with van der Waals surface area (Å²) < 4.78 is 0. The van der Waals surface area contributed by atoms with Crippen LogP contribution in [0, 0.1) is 0 Å². The van der Waals surface area contributed by atoms with E-state index in [9.17, 15) is 4.79 Å². The van der Waals surface area contributed by atoms with Crippen LogP contribution in [0.2, 0.25) is 0 Å². The lowest BCUT2D eigenvalue weighted by Crippen LogP contribution is -1.97. The first kappa shape index (κ1) is 8.74. The van der Waals surface area contributed by atoms with Gasteiger partial charge < -0.3 is 10.2 Å². The van der Waals surface area contributed by atoms with Crippen LogP contribution in [-0.2, 0) is 0 Å². The number of aromatic hydroxyl groups is 1. The van der Waals surface area contributed by atoms with Crippen molar-refractivity contribution in [3.05, 3.63) is 40.1 Å². The van der Waals surface area contributed by atoms with Crippen molar-refractivity contribution in [2.75, 3.05) is 0 Å². The third-order valence-corrected chi connectivity index (χ3v) is 1.58. The molecule has 0 radical (unpaired) electrons. The number of aliphatic hydroxyl groups is 1. The van der Waals surface area contributed by atoms with Crippen LogP contribution in [0.3, 0.4) is 0 Å². The molecule has 1 rings (SSSR count). The van der Waals surface area contributed by atoms with Gasteiger partial charge in [-0.3, -0.25) is 4.79 Å². The van der Waals surface area contributed by atoms with E-state index < -0.39 is 11.5 Å². The second-order valence-electron chi connectivity index (χ2n) is 2.60. The highest BCUT2D eigenvalue weighted by atomic mass is 16.3. The van der Waals surface area contributed by atoms with Crippen molar-refractivity contribution < 1.29 is 10.2 Å². The van der Waals surface area contributed by atoms with Crippen LogP contribution in [0.1, 0.15) is 18.6 Å². The van der Waals surface area contributed by atoms with E-state index in [1.807, 2.05) is 0 Å². The Labute approximate surface area is 69.9 Å². The number of hydrogen-bond acceptors (Lipinski definition) is 3. The zero-order chi connectivity index (χ0) is 9.14. The molecule has 0 aliphatic carbocycles. The SMILES string of the molecule is CC(O)c1cccc(O)c(=O)c1. The topological polar surface area (TPSA) is 57.5 Å². The van der Waals surface area contributed by atoms with E-state index in [4.69, 9.17) is 10.2 Å². The number of aliphatic hydroxyl groups excluding tert-OH is 1. The fourth-order valence-electron chi connectivity index (χ4n) is 0.866. The van der Waals surface area contributed by atoms with Crippen LogP contribution >= 0.6 is 0 Å².